The topological polar surface area (TPSA) is 166 Å². The molecule has 8 N–H and O–H groups in total. The molecule has 1 aromatic carbocycles. The summed E-state index contributed by atoms with van der Waals surface area (Å²) in [6, 6.07) is 7.51. The maximum absolute atomic E-state index is 15.2. The molecule has 45 heavy (non-hydrogen) atoms. The Hall–Kier alpha value is -3.90. The number of nitrogens with two attached hydrogens (primary N) is 3. The van der Waals surface area contributed by atoms with Gasteiger partial charge in [0.2, 0.25) is 0 Å². The lowest BCUT2D eigenvalue weighted by molar-refractivity contribution is 0.310. The summed E-state index contributed by atoms with van der Waals surface area (Å²) >= 11 is 6.27. The Morgan fingerprint density at radius 1 is 1.31 bits per heavy atom. The highest BCUT2D eigenvalue weighted by molar-refractivity contribution is 6.31. The van der Waals surface area contributed by atoms with Gasteiger partial charge in [0, 0.05) is 35.8 Å². The van der Waals surface area contributed by atoms with Gasteiger partial charge in [0.15, 0.2) is 5.82 Å². The van der Waals surface area contributed by atoms with Gasteiger partial charge in [0.1, 0.15) is 11.5 Å². The molecular weight excluding hydrogens is 593 g/mol. The number of benzene rings is 1. The van der Waals surface area contributed by atoms with E-state index in [2.05, 4.69) is 26.9 Å². The van der Waals surface area contributed by atoms with Crippen LogP contribution in [0.1, 0.15) is 68.3 Å². The van der Waals surface area contributed by atoms with Crippen molar-refractivity contribution in [2.45, 2.75) is 70.0 Å². The maximum atomic E-state index is 15.2. The number of hydrogen-bond donors (Lipinski definition) is 5. The van der Waals surface area contributed by atoms with E-state index in [-0.39, 0.29) is 29.7 Å². The molecule has 4 aromatic rings. The SMILES string of the molecule is C=Cc1cc(-n2cc3cc(-c4cc(CCC[C@H](C)N)cc(Cl)c4F)[nH]c3nc2=O)cnc1[C@@H]1CCC[C@@H](CCN=C(N)CN)N1. The Labute approximate surface area is 267 Å². The smallest absolute Gasteiger partial charge is 0.354 e. The van der Waals surface area contributed by atoms with Crippen molar-refractivity contribution in [3.05, 3.63) is 81.4 Å². The van der Waals surface area contributed by atoms with Gasteiger partial charge in [-0.1, -0.05) is 24.3 Å². The van der Waals surface area contributed by atoms with Crippen molar-refractivity contribution >= 4 is 34.5 Å². The average molecular weight is 634 g/mol. The van der Waals surface area contributed by atoms with E-state index in [4.69, 9.17) is 33.8 Å². The van der Waals surface area contributed by atoms with E-state index in [9.17, 15) is 4.79 Å². The fourth-order valence-electron chi connectivity index (χ4n) is 5.90. The number of amidine groups is 1. The molecule has 1 aliphatic rings. The van der Waals surface area contributed by atoms with Crippen molar-refractivity contribution in [2.75, 3.05) is 13.1 Å². The molecule has 3 atom stereocenters. The Bertz CT molecular complexity index is 1760. The van der Waals surface area contributed by atoms with Gasteiger partial charge in [0.25, 0.3) is 0 Å². The molecule has 0 unspecified atom stereocenters. The molecule has 1 fully saturated rings. The van der Waals surface area contributed by atoms with Crippen LogP contribution in [0.25, 0.3) is 34.1 Å². The van der Waals surface area contributed by atoms with Crippen molar-refractivity contribution in [1.29, 1.82) is 0 Å². The lowest BCUT2D eigenvalue weighted by Crippen LogP contribution is -2.38. The van der Waals surface area contributed by atoms with E-state index in [1.807, 2.05) is 13.0 Å². The van der Waals surface area contributed by atoms with Gasteiger partial charge in [-0.2, -0.15) is 4.98 Å². The van der Waals surface area contributed by atoms with Crippen LogP contribution in [0.4, 0.5) is 4.39 Å². The largest absolute Gasteiger partial charge is 0.386 e. The monoisotopic (exact) mass is 633 g/mol. The summed E-state index contributed by atoms with van der Waals surface area (Å²) in [6.07, 6.45) is 11.4. The highest BCUT2D eigenvalue weighted by atomic mass is 35.5. The third kappa shape index (κ3) is 7.67. The lowest BCUT2D eigenvalue weighted by atomic mass is 9.92. The van der Waals surface area contributed by atoms with Crippen LogP contribution in [-0.4, -0.2) is 50.5 Å². The molecule has 0 aliphatic carbocycles. The number of aryl methyl sites for hydroxylation is 1. The summed E-state index contributed by atoms with van der Waals surface area (Å²) in [4.78, 5) is 29.6. The molecule has 0 bridgehead atoms. The van der Waals surface area contributed by atoms with Gasteiger partial charge in [-0.25, -0.2) is 9.18 Å². The van der Waals surface area contributed by atoms with Crippen molar-refractivity contribution < 1.29 is 4.39 Å². The van der Waals surface area contributed by atoms with Crippen LogP contribution in [0.3, 0.4) is 0 Å². The predicted octanol–water partition coefficient (Wildman–Crippen LogP) is 4.77. The molecule has 5 rings (SSSR count). The zero-order chi connectivity index (χ0) is 32.1. The number of H-pyrrole nitrogens is 1. The van der Waals surface area contributed by atoms with Gasteiger partial charge in [-0.15, -0.1) is 0 Å². The van der Waals surface area contributed by atoms with Crippen LogP contribution >= 0.6 is 11.6 Å². The first-order valence-electron chi connectivity index (χ1n) is 15.4. The number of piperidine rings is 1. The summed E-state index contributed by atoms with van der Waals surface area (Å²) in [7, 11) is 0. The second-order valence-corrected chi connectivity index (χ2v) is 12.2. The maximum Gasteiger partial charge on any atom is 0.354 e. The number of hydrogen-bond acceptors (Lipinski definition) is 7. The van der Waals surface area contributed by atoms with E-state index in [1.165, 1.54) is 4.57 Å². The number of nitrogens with one attached hydrogen (secondary N) is 2. The summed E-state index contributed by atoms with van der Waals surface area (Å²) in [5.74, 6) is -0.0716. The van der Waals surface area contributed by atoms with Gasteiger partial charge in [0.05, 0.1) is 40.9 Å². The lowest BCUT2D eigenvalue weighted by Gasteiger charge is -2.31. The molecular formula is C33H41ClFN9O. The minimum absolute atomic E-state index is 0.0428. The summed E-state index contributed by atoms with van der Waals surface area (Å²) < 4.78 is 16.6. The van der Waals surface area contributed by atoms with E-state index in [1.54, 1.807) is 36.7 Å². The van der Waals surface area contributed by atoms with E-state index in [0.717, 1.165) is 61.8 Å². The first-order chi connectivity index (χ1) is 21.7. The van der Waals surface area contributed by atoms with E-state index < -0.39 is 11.5 Å². The van der Waals surface area contributed by atoms with Crippen LogP contribution < -0.4 is 28.2 Å². The van der Waals surface area contributed by atoms with Crippen LogP contribution in [0.2, 0.25) is 5.02 Å². The third-order valence-corrected chi connectivity index (χ3v) is 8.53. The highest BCUT2D eigenvalue weighted by Gasteiger charge is 2.25. The van der Waals surface area contributed by atoms with Crippen molar-refractivity contribution in [1.82, 2.24) is 24.8 Å². The molecule has 0 saturated carbocycles. The minimum Gasteiger partial charge on any atom is -0.386 e. The number of pyridine rings is 1. The normalized spacial score (nSPS) is 17.9. The number of aromatic amines is 1. The van der Waals surface area contributed by atoms with Gasteiger partial charge in [-0.05, 0) is 87.3 Å². The Morgan fingerprint density at radius 2 is 2.13 bits per heavy atom. The number of nitrogens with zero attached hydrogens (tertiary/aromatic N) is 4. The van der Waals surface area contributed by atoms with Crippen LogP contribution in [-0.2, 0) is 6.42 Å². The highest BCUT2D eigenvalue weighted by Crippen LogP contribution is 2.32. The van der Waals surface area contributed by atoms with Crippen molar-refractivity contribution in [2.24, 2.45) is 22.2 Å². The zero-order valence-corrected chi connectivity index (χ0v) is 26.3. The van der Waals surface area contributed by atoms with E-state index in [0.29, 0.717) is 40.4 Å². The fourth-order valence-corrected chi connectivity index (χ4v) is 6.14. The van der Waals surface area contributed by atoms with Crippen molar-refractivity contribution in [3.8, 4) is 16.9 Å². The number of fused-ring (bicyclic) bond motifs is 1. The Balaban J connectivity index is 1.40. The zero-order valence-electron chi connectivity index (χ0n) is 25.5. The molecule has 0 radical (unpaired) electrons. The minimum atomic E-state index is -0.532. The second-order valence-electron chi connectivity index (χ2n) is 11.8. The molecule has 238 valence electrons. The number of aliphatic imine (C=N–C) groups is 1. The van der Waals surface area contributed by atoms with Crippen LogP contribution in [0, 0.1) is 5.82 Å². The molecule has 3 aromatic heterocycles. The van der Waals surface area contributed by atoms with Crippen molar-refractivity contribution in [3.63, 3.8) is 0 Å². The molecule has 1 aliphatic heterocycles. The quantitative estimate of drug-likeness (QED) is 0.111. The average Bonchev–Trinajstić information content (AvgIpc) is 3.44. The Kier molecular flexibility index (Phi) is 10.4. The summed E-state index contributed by atoms with van der Waals surface area (Å²) in [6.45, 7) is 6.84. The first kappa shape index (κ1) is 32.5. The van der Waals surface area contributed by atoms with Crippen LogP contribution in [0.5, 0.6) is 0 Å². The number of halogens is 2. The van der Waals surface area contributed by atoms with Crippen LogP contribution in [0.15, 0.2) is 53.0 Å². The number of rotatable bonds is 12. The van der Waals surface area contributed by atoms with Gasteiger partial charge in [-0.3, -0.25) is 14.5 Å². The third-order valence-electron chi connectivity index (χ3n) is 8.26. The Morgan fingerprint density at radius 3 is 2.89 bits per heavy atom. The fraction of sp³-hybridized carbons (Fsp3) is 0.394. The molecule has 12 heteroatoms. The summed E-state index contributed by atoms with van der Waals surface area (Å²) in [5, 5.41) is 4.38. The standard InChI is InChI=1S/C33H41ClFN9O/c1-3-21-14-24(17-40-31(21)27-9-5-8-23(41-27)10-11-39-29(38)16-36)44-18-22-15-28(42-32(22)43-33(44)45)25-12-20(7-4-6-19(2)37)13-26(34)30(25)35/h3,12-15,17-19,23,27,41H,1,4-11,16,36-37H2,2H3,(H2,38,39)(H,42,43,45)/t19-,23-,27-/m0/s1. The predicted molar refractivity (Wildman–Crippen MR) is 180 cm³/mol. The number of aromatic nitrogens is 4. The molecule has 0 spiro atoms. The van der Waals surface area contributed by atoms with E-state index >= 15 is 4.39 Å². The molecule has 0 amide bonds. The second kappa shape index (κ2) is 14.5. The van der Waals surface area contributed by atoms with Gasteiger partial charge >= 0.3 is 5.69 Å². The molecule has 1 saturated heterocycles. The summed E-state index contributed by atoms with van der Waals surface area (Å²) in [5.41, 5.74) is 21.0. The molecule has 10 nitrogen and oxygen atoms in total. The van der Waals surface area contributed by atoms with Gasteiger partial charge < -0.3 is 27.5 Å². The first-order valence-corrected chi connectivity index (χ1v) is 15.8. The molecule has 4 heterocycles.